The number of phenols is 1. The van der Waals surface area contributed by atoms with Gasteiger partial charge < -0.3 is 53.5 Å². The Morgan fingerprint density at radius 2 is 1.58 bits per heavy atom. The molecule has 0 aliphatic rings. The van der Waals surface area contributed by atoms with E-state index < -0.39 is 54.0 Å². The second-order valence-electron chi connectivity index (χ2n) is 10.7. The maximum Gasteiger partial charge on any atom is 0.326 e. The number of nitrogens with zero attached hydrogens (tertiary/aromatic N) is 1. The van der Waals surface area contributed by atoms with Gasteiger partial charge >= 0.3 is 5.97 Å². The van der Waals surface area contributed by atoms with Crippen molar-refractivity contribution >= 4 is 40.6 Å². The molecule has 3 amide bonds. The molecule has 0 fully saturated rings. The van der Waals surface area contributed by atoms with Crippen molar-refractivity contribution in [2.75, 3.05) is 6.54 Å². The van der Waals surface area contributed by atoms with E-state index in [9.17, 15) is 34.5 Å². The second-order valence-corrected chi connectivity index (χ2v) is 10.7. The maximum absolute atomic E-state index is 13.3. The van der Waals surface area contributed by atoms with Crippen LogP contribution >= 0.6 is 0 Å². The summed E-state index contributed by atoms with van der Waals surface area (Å²) in [5.41, 5.74) is 19.1. The summed E-state index contributed by atoms with van der Waals surface area (Å²) in [7, 11) is 0. The fraction of sp³-hybridized carbons (Fsp3) is 0.367. The Balaban J connectivity index is 1.71. The largest absolute Gasteiger partial charge is 0.508 e. The number of guanidine groups is 1. The fourth-order valence-electron chi connectivity index (χ4n) is 4.67. The Morgan fingerprint density at radius 3 is 2.22 bits per heavy atom. The molecule has 0 bridgehead atoms. The van der Waals surface area contributed by atoms with Crippen LogP contribution in [-0.4, -0.2) is 86.8 Å². The van der Waals surface area contributed by atoms with Gasteiger partial charge in [0.25, 0.3) is 0 Å². The second kappa shape index (κ2) is 16.1. The van der Waals surface area contributed by atoms with E-state index in [-0.39, 0.29) is 43.9 Å². The highest BCUT2D eigenvalue weighted by atomic mass is 16.4. The first kappa shape index (κ1) is 34.3. The molecule has 5 atom stereocenters. The van der Waals surface area contributed by atoms with Crippen molar-refractivity contribution in [3.63, 3.8) is 0 Å². The number of aromatic hydroxyl groups is 1. The number of para-hydroxylation sites is 1. The summed E-state index contributed by atoms with van der Waals surface area (Å²) in [6.07, 6.45) is 0.650. The lowest BCUT2D eigenvalue weighted by Gasteiger charge is -2.26. The molecule has 5 unspecified atom stereocenters. The number of aliphatic hydroxyl groups is 1. The number of aromatic nitrogens is 1. The third-order valence-corrected chi connectivity index (χ3v) is 7.08. The average Bonchev–Trinajstić information content (AvgIpc) is 3.40. The maximum atomic E-state index is 13.3. The first-order chi connectivity index (χ1) is 21.3. The number of hydrogen-bond acceptors (Lipinski definition) is 8. The van der Waals surface area contributed by atoms with Crippen molar-refractivity contribution in [2.24, 2.45) is 22.2 Å². The van der Waals surface area contributed by atoms with E-state index in [1.807, 2.05) is 24.3 Å². The number of phenolic OH excluding ortho intramolecular Hbond substituents is 1. The van der Waals surface area contributed by atoms with Gasteiger partial charge in [-0.2, -0.15) is 0 Å². The molecule has 3 rings (SSSR count). The minimum atomic E-state index is -1.48. The van der Waals surface area contributed by atoms with Crippen molar-refractivity contribution in [1.82, 2.24) is 20.9 Å². The van der Waals surface area contributed by atoms with E-state index in [0.717, 1.165) is 16.5 Å². The predicted octanol–water partition coefficient (Wildman–Crippen LogP) is -1.04. The van der Waals surface area contributed by atoms with Crippen molar-refractivity contribution in [3.05, 3.63) is 65.9 Å². The van der Waals surface area contributed by atoms with E-state index in [1.54, 1.807) is 6.20 Å². The van der Waals surface area contributed by atoms with E-state index in [1.165, 1.54) is 31.2 Å². The van der Waals surface area contributed by atoms with Gasteiger partial charge in [-0.15, -0.1) is 0 Å². The summed E-state index contributed by atoms with van der Waals surface area (Å²) >= 11 is 0. The van der Waals surface area contributed by atoms with Gasteiger partial charge in [-0.3, -0.25) is 19.4 Å². The average molecular weight is 625 g/mol. The molecule has 45 heavy (non-hydrogen) atoms. The number of carboxylic acid groups (broad SMARTS) is 1. The minimum Gasteiger partial charge on any atom is -0.508 e. The molecule has 13 N–H and O–H groups in total. The molecule has 0 aliphatic carbocycles. The third kappa shape index (κ3) is 10.2. The highest BCUT2D eigenvalue weighted by Gasteiger charge is 2.32. The van der Waals surface area contributed by atoms with Crippen LogP contribution in [0, 0.1) is 0 Å². The molecular formula is C30H40N8O7. The van der Waals surface area contributed by atoms with Gasteiger partial charge in [0.1, 0.15) is 23.9 Å². The summed E-state index contributed by atoms with van der Waals surface area (Å²) in [4.78, 5) is 58.5. The topological polar surface area (TPSA) is 271 Å². The van der Waals surface area contributed by atoms with Crippen LogP contribution in [0.2, 0.25) is 0 Å². The van der Waals surface area contributed by atoms with Crippen molar-refractivity contribution < 1.29 is 34.5 Å². The Morgan fingerprint density at radius 1 is 0.911 bits per heavy atom. The lowest BCUT2D eigenvalue weighted by atomic mass is 10.0. The Bertz CT molecular complexity index is 1500. The van der Waals surface area contributed by atoms with Crippen LogP contribution in [0.5, 0.6) is 5.75 Å². The predicted molar refractivity (Wildman–Crippen MR) is 167 cm³/mol. The van der Waals surface area contributed by atoms with E-state index >= 15 is 0 Å². The molecule has 242 valence electrons. The number of rotatable bonds is 16. The molecular weight excluding hydrogens is 584 g/mol. The zero-order valence-corrected chi connectivity index (χ0v) is 24.8. The quantitative estimate of drug-likeness (QED) is 0.0525. The molecule has 0 spiro atoms. The van der Waals surface area contributed by atoms with Crippen LogP contribution in [0.1, 0.15) is 30.9 Å². The molecule has 3 aromatic rings. The summed E-state index contributed by atoms with van der Waals surface area (Å²) < 4.78 is 0. The van der Waals surface area contributed by atoms with E-state index in [2.05, 4.69) is 25.9 Å². The van der Waals surface area contributed by atoms with Gasteiger partial charge in [0.15, 0.2) is 5.96 Å². The lowest BCUT2D eigenvalue weighted by molar-refractivity contribution is -0.142. The molecule has 15 heteroatoms. The number of carboxylic acids is 1. The highest BCUT2D eigenvalue weighted by molar-refractivity contribution is 5.94. The Labute approximate surface area is 259 Å². The number of nitrogens with one attached hydrogen (secondary N) is 4. The Hall–Kier alpha value is -5.15. The number of fused-ring (bicyclic) bond motifs is 1. The molecule has 1 heterocycles. The van der Waals surface area contributed by atoms with Crippen LogP contribution in [0.25, 0.3) is 10.9 Å². The molecule has 0 saturated carbocycles. The summed E-state index contributed by atoms with van der Waals surface area (Å²) in [5.74, 6) is -3.89. The molecule has 1 aromatic heterocycles. The van der Waals surface area contributed by atoms with Gasteiger partial charge in [-0.1, -0.05) is 30.3 Å². The number of aromatic amines is 1. The number of aliphatic imine (C=N–C) groups is 1. The number of carbonyl (C=O) groups is 4. The standard InChI is InChI=1S/C30H40N8O7/c1-16(39)25(38-26(41)21(31)14-18-15-35-22-6-3-2-5-20(18)22)28(43)36-23(7-4-12-34-30(32)33)27(42)37-24(29(44)45)13-17-8-10-19(40)11-9-17/h2-3,5-6,8-11,15-16,21,23-25,35,39-40H,4,7,12-14,31H2,1H3,(H,36,43)(H,37,42)(H,38,41)(H,44,45)(H4,32,33,34). The van der Waals surface area contributed by atoms with Crippen LogP contribution in [-0.2, 0) is 32.0 Å². The van der Waals surface area contributed by atoms with Crippen molar-refractivity contribution in [2.45, 2.75) is 62.9 Å². The zero-order valence-electron chi connectivity index (χ0n) is 24.8. The summed E-state index contributed by atoms with van der Waals surface area (Å²) in [6.45, 7) is 1.42. The highest BCUT2D eigenvalue weighted by Crippen LogP contribution is 2.19. The van der Waals surface area contributed by atoms with Crippen molar-refractivity contribution in [1.29, 1.82) is 0 Å². The normalized spacial score (nSPS) is 14.4. The number of aliphatic hydroxyl groups excluding tert-OH is 1. The summed E-state index contributed by atoms with van der Waals surface area (Å²) in [6, 6.07) is 8.13. The third-order valence-electron chi connectivity index (χ3n) is 7.08. The molecule has 15 nitrogen and oxygen atoms in total. The number of aliphatic carboxylic acids is 1. The van der Waals surface area contributed by atoms with Crippen LogP contribution in [0.15, 0.2) is 59.7 Å². The molecule has 2 aromatic carbocycles. The van der Waals surface area contributed by atoms with Crippen LogP contribution < -0.4 is 33.2 Å². The first-order valence-electron chi connectivity index (χ1n) is 14.3. The fourth-order valence-corrected chi connectivity index (χ4v) is 4.67. The van der Waals surface area contributed by atoms with E-state index in [0.29, 0.717) is 5.56 Å². The number of carbonyl (C=O) groups excluding carboxylic acids is 3. The Kier molecular flexibility index (Phi) is 12.3. The minimum absolute atomic E-state index is 0.000452. The summed E-state index contributed by atoms with van der Waals surface area (Å²) in [5, 5.41) is 37.9. The monoisotopic (exact) mass is 624 g/mol. The lowest BCUT2D eigenvalue weighted by Crippen LogP contribution is -2.60. The van der Waals surface area contributed by atoms with Crippen molar-refractivity contribution in [3.8, 4) is 5.75 Å². The zero-order chi connectivity index (χ0) is 33.1. The number of benzene rings is 2. The van der Waals surface area contributed by atoms with Gasteiger partial charge in [-0.05, 0) is 55.5 Å². The van der Waals surface area contributed by atoms with E-state index in [4.69, 9.17) is 17.2 Å². The smallest absolute Gasteiger partial charge is 0.326 e. The number of H-pyrrole nitrogens is 1. The van der Waals surface area contributed by atoms with Gasteiger partial charge in [0, 0.05) is 30.1 Å². The van der Waals surface area contributed by atoms with Crippen LogP contribution in [0.3, 0.4) is 0 Å². The van der Waals surface area contributed by atoms with Gasteiger partial charge in [-0.25, -0.2) is 4.79 Å². The number of amides is 3. The SMILES string of the molecule is CC(O)C(NC(=O)C(N)Cc1c[nH]c2ccccc12)C(=O)NC(CCCN=C(N)N)C(=O)NC(Cc1ccc(O)cc1)C(=O)O. The molecule has 0 saturated heterocycles. The van der Waals surface area contributed by atoms with Gasteiger partial charge in [0.05, 0.1) is 12.1 Å². The molecule has 0 radical (unpaired) electrons. The first-order valence-corrected chi connectivity index (χ1v) is 14.3. The number of hydrogen-bond donors (Lipinski definition) is 10. The van der Waals surface area contributed by atoms with Crippen LogP contribution in [0.4, 0.5) is 0 Å². The number of nitrogens with two attached hydrogens (primary N) is 3. The molecule has 0 aliphatic heterocycles. The van der Waals surface area contributed by atoms with Gasteiger partial charge in [0.2, 0.25) is 17.7 Å².